The number of hydrogen-bond acceptors (Lipinski definition) is 6. The number of phosphoric ester groups is 2. The predicted octanol–water partition coefficient (Wildman–Crippen LogP) is 5.43. The summed E-state index contributed by atoms with van der Waals surface area (Å²) in [6.07, 6.45) is 0. The lowest BCUT2D eigenvalue weighted by Gasteiger charge is -2.23. The van der Waals surface area contributed by atoms with Crippen molar-refractivity contribution < 1.29 is 31.9 Å². The van der Waals surface area contributed by atoms with E-state index in [4.69, 9.17) is 17.9 Å². The van der Waals surface area contributed by atoms with Gasteiger partial charge in [0.05, 0.1) is 6.61 Å². The van der Waals surface area contributed by atoms with Gasteiger partial charge in [0.15, 0.2) is 0 Å². The Kier molecular flexibility index (Phi) is 6.67. The quantitative estimate of drug-likeness (QED) is 0.591. The van der Waals surface area contributed by atoms with Crippen LogP contribution in [-0.4, -0.2) is 11.5 Å². The maximum Gasteiger partial charge on any atom is 0.596 e. The molecule has 0 saturated heterocycles. The van der Waals surface area contributed by atoms with Crippen LogP contribution < -0.4 is 9.05 Å². The predicted molar refractivity (Wildman–Crippen MR) is 98.1 cm³/mol. The molecule has 0 heterocycles. The van der Waals surface area contributed by atoms with Crippen LogP contribution in [0.4, 0.5) is 0 Å². The van der Waals surface area contributed by atoms with Crippen molar-refractivity contribution >= 4 is 15.6 Å². The molecule has 0 aliphatic rings. The smallest absolute Gasteiger partial charge is 0.395 e. The van der Waals surface area contributed by atoms with Crippen molar-refractivity contribution in [2.75, 3.05) is 6.61 Å². The highest BCUT2D eigenvalue weighted by atomic mass is 31.3. The molecule has 26 heavy (non-hydrogen) atoms. The Morgan fingerprint density at radius 2 is 1.27 bits per heavy atom. The van der Waals surface area contributed by atoms with Gasteiger partial charge in [-0.3, -0.25) is 4.52 Å². The highest BCUT2D eigenvalue weighted by Gasteiger charge is 2.42. The van der Waals surface area contributed by atoms with Crippen LogP contribution in [0.3, 0.4) is 0 Å². The summed E-state index contributed by atoms with van der Waals surface area (Å²) in [7, 11) is -9.20. The van der Waals surface area contributed by atoms with Gasteiger partial charge in [0.25, 0.3) is 0 Å². The van der Waals surface area contributed by atoms with Crippen LogP contribution in [0.2, 0.25) is 0 Å². The van der Waals surface area contributed by atoms with Gasteiger partial charge in [-0.05, 0) is 29.7 Å². The van der Waals surface area contributed by atoms with E-state index in [0.29, 0.717) is 0 Å². The molecule has 7 nitrogen and oxygen atoms in total. The van der Waals surface area contributed by atoms with Gasteiger partial charge >= 0.3 is 15.6 Å². The topological polar surface area (TPSA) is 91.3 Å². The van der Waals surface area contributed by atoms with Crippen molar-refractivity contribution in [2.24, 2.45) is 5.41 Å². The number of hydrogen-bond donors (Lipinski definition) is 1. The highest BCUT2D eigenvalue weighted by molar-refractivity contribution is 7.62. The number of rotatable bonds is 8. The van der Waals surface area contributed by atoms with Gasteiger partial charge in [-0.1, -0.05) is 57.2 Å². The molecule has 9 heteroatoms. The monoisotopic (exact) mass is 400 g/mol. The minimum Gasteiger partial charge on any atom is -0.395 e. The second-order valence-electron chi connectivity index (χ2n) is 6.64. The summed E-state index contributed by atoms with van der Waals surface area (Å²) >= 11 is 0. The van der Waals surface area contributed by atoms with Gasteiger partial charge in [0.2, 0.25) is 0 Å². The molecule has 0 aliphatic carbocycles. The third-order valence-electron chi connectivity index (χ3n) is 2.78. The first-order valence-corrected chi connectivity index (χ1v) is 10.8. The molecule has 1 unspecified atom stereocenters. The normalized spacial score (nSPS) is 14.5. The summed E-state index contributed by atoms with van der Waals surface area (Å²) in [6, 6.07) is 16.1. The van der Waals surface area contributed by atoms with E-state index in [9.17, 15) is 14.0 Å². The molecule has 0 aliphatic heterocycles. The molecule has 142 valence electrons. The van der Waals surface area contributed by atoms with Gasteiger partial charge in [-0.2, -0.15) is 4.31 Å². The fraction of sp³-hybridized carbons (Fsp3) is 0.294. The molecule has 0 radical (unpaired) electrons. The summed E-state index contributed by atoms with van der Waals surface area (Å²) in [5.41, 5.74) is -0.397. The molecule has 1 atom stereocenters. The summed E-state index contributed by atoms with van der Waals surface area (Å²) < 4.78 is 45.5. The molecule has 0 aromatic heterocycles. The first kappa shape index (κ1) is 20.7. The lowest BCUT2D eigenvalue weighted by Crippen LogP contribution is -2.14. The van der Waals surface area contributed by atoms with Crippen LogP contribution in [0, 0.1) is 5.41 Å². The molecule has 0 amide bonds. The van der Waals surface area contributed by atoms with Gasteiger partial charge in [-0.15, -0.1) is 0 Å². The van der Waals surface area contributed by atoms with Crippen LogP contribution in [0.15, 0.2) is 60.7 Å². The maximum absolute atomic E-state index is 13.0. The zero-order valence-electron chi connectivity index (χ0n) is 14.8. The van der Waals surface area contributed by atoms with Crippen LogP contribution in [-0.2, 0) is 18.0 Å². The van der Waals surface area contributed by atoms with E-state index in [1.54, 1.807) is 36.4 Å². The zero-order valence-corrected chi connectivity index (χ0v) is 16.6. The van der Waals surface area contributed by atoms with Crippen LogP contribution in [0.1, 0.15) is 20.8 Å². The molecular weight excluding hydrogens is 378 g/mol. The van der Waals surface area contributed by atoms with Crippen molar-refractivity contribution in [3.63, 3.8) is 0 Å². The molecule has 2 aromatic rings. The van der Waals surface area contributed by atoms with Crippen molar-refractivity contribution in [1.82, 2.24) is 0 Å². The Labute approximate surface area is 153 Å². The van der Waals surface area contributed by atoms with Crippen molar-refractivity contribution in [1.29, 1.82) is 0 Å². The molecule has 0 bridgehead atoms. The van der Waals surface area contributed by atoms with Gasteiger partial charge < -0.3 is 13.9 Å². The third-order valence-corrected chi connectivity index (χ3v) is 5.73. The largest absolute Gasteiger partial charge is 0.596 e. The first-order chi connectivity index (χ1) is 12.1. The van der Waals surface area contributed by atoms with Crippen LogP contribution in [0.25, 0.3) is 0 Å². The fourth-order valence-corrected chi connectivity index (χ4v) is 4.51. The molecule has 2 rings (SSSR count). The van der Waals surface area contributed by atoms with E-state index < -0.39 is 21.1 Å². The van der Waals surface area contributed by atoms with E-state index in [1.165, 1.54) is 24.3 Å². The van der Waals surface area contributed by atoms with Gasteiger partial charge in [-0.25, -0.2) is 9.13 Å². The van der Waals surface area contributed by atoms with E-state index in [-0.39, 0.29) is 18.1 Å². The van der Waals surface area contributed by atoms with Gasteiger partial charge in [0, 0.05) is 0 Å². The molecule has 0 spiro atoms. The SMILES string of the molecule is CC(C)(C)COP(=O)(O)OP(=O)(Oc1ccccc1)Oc1ccccc1. The van der Waals surface area contributed by atoms with E-state index in [1.807, 2.05) is 20.8 Å². The minimum absolute atomic E-state index is 0.0859. The maximum atomic E-state index is 13.0. The number of phosphoric acid groups is 2. The zero-order chi connectivity index (χ0) is 19.3. The summed E-state index contributed by atoms with van der Waals surface area (Å²) in [4.78, 5) is 9.95. The van der Waals surface area contributed by atoms with Crippen molar-refractivity contribution in [3.05, 3.63) is 60.7 Å². The number of para-hydroxylation sites is 2. The second kappa shape index (κ2) is 8.38. The average Bonchev–Trinajstić information content (AvgIpc) is 2.53. The summed E-state index contributed by atoms with van der Waals surface area (Å²) in [5, 5.41) is 0. The Morgan fingerprint density at radius 3 is 1.65 bits per heavy atom. The highest BCUT2D eigenvalue weighted by Crippen LogP contribution is 2.63. The minimum atomic E-state index is -4.70. The van der Waals surface area contributed by atoms with E-state index in [0.717, 1.165) is 0 Å². The Morgan fingerprint density at radius 1 is 0.846 bits per heavy atom. The molecule has 0 saturated carbocycles. The summed E-state index contributed by atoms with van der Waals surface area (Å²) in [5.74, 6) is 0.310. The average molecular weight is 400 g/mol. The second-order valence-corrected chi connectivity index (χ2v) is 9.75. The Hall–Kier alpha value is -1.62. The lowest BCUT2D eigenvalue weighted by molar-refractivity contribution is 0.134. The Balaban J connectivity index is 2.22. The van der Waals surface area contributed by atoms with Crippen LogP contribution in [0.5, 0.6) is 11.5 Å². The molecular formula is C17H22O7P2. The van der Waals surface area contributed by atoms with Gasteiger partial charge in [0.1, 0.15) is 11.5 Å². The fourth-order valence-electron chi connectivity index (χ4n) is 1.70. The molecule has 2 aromatic carbocycles. The summed E-state index contributed by atoms with van der Waals surface area (Å²) in [6.45, 7) is 5.35. The van der Waals surface area contributed by atoms with E-state index in [2.05, 4.69) is 0 Å². The number of benzene rings is 2. The van der Waals surface area contributed by atoms with Crippen LogP contribution >= 0.6 is 15.6 Å². The molecule has 0 fully saturated rings. The van der Waals surface area contributed by atoms with E-state index >= 15 is 0 Å². The Bertz CT molecular complexity index is 742. The van der Waals surface area contributed by atoms with Crippen molar-refractivity contribution in [2.45, 2.75) is 20.8 Å². The lowest BCUT2D eigenvalue weighted by atomic mass is 9.99. The molecule has 1 N–H and O–H groups in total. The third kappa shape index (κ3) is 7.32. The van der Waals surface area contributed by atoms with Crippen molar-refractivity contribution in [3.8, 4) is 11.5 Å². The standard InChI is InChI=1S/C17H22O7P2/c1-17(2,3)14-21-25(18,19)24-26(20,22-15-10-6-4-7-11-15)23-16-12-8-5-9-13-16/h4-13H,14H2,1-3H3,(H,18,19). The first-order valence-electron chi connectivity index (χ1n) is 7.85.